The molecule has 2 aromatic rings. The Hall–Kier alpha value is -1.19. The van der Waals surface area contributed by atoms with E-state index in [9.17, 15) is 5.11 Å². The minimum atomic E-state index is -0.266. The van der Waals surface area contributed by atoms with Gasteiger partial charge < -0.3 is 5.11 Å². The van der Waals surface area contributed by atoms with Crippen molar-refractivity contribution in [2.75, 3.05) is 0 Å². The molecular weight excluding hydrogens is 278 g/mol. The van der Waals surface area contributed by atoms with E-state index in [4.69, 9.17) is 4.98 Å². The molecule has 1 saturated carbocycles. The lowest BCUT2D eigenvalue weighted by Gasteiger charge is -2.30. The van der Waals surface area contributed by atoms with Crippen molar-refractivity contribution in [1.82, 2.24) is 4.98 Å². The molecule has 1 N–H and O–H groups in total. The first kappa shape index (κ1) is 14.7. The van der Waals surface area contributed by atoms with E-state index in [-0.39, 0.29) is 11.5 Å². The molecule has 1 heterocycles. The van der Waals surface area contributed by atoms with Crippen LogP contribution in [-0.2, 0) is 6.42 Å². The number of thiazole rings is 1. The zero-order valence-corrected chi connectivity index (χ0v) is 13.6. The number of nitrogens with zero attached hydrogens (tertiary/aromatic N) is 1. The molecule has 3 rings (SSSR count). The van der Waals surface area contributed by atoms with Crippen LogP contribution in [-0.4, -0.2) is 16.2 Å². The molecule has 2 atom stereocenters. The van der Waals surface area contributed by atoms with Gasteiger partial charge in [0, 0.05) is 17.4 Å². The summed E-state index contributed by atoms with van der Waals surface area (Å²) in [6.45, 7) is 4.57. The molecule has 0 amide bonds. The summed E-state index contributed by atoms with van der Waals surface area (Å²) in [5, 5.41) is 13.7. The predicted octanol–water partition coefficient (Wildman–Crippen LogP) is 4.54. The van der Waals surface area contributed by atoms with Crippen LogP contribution in [0.5, 0.6) is 0 Å². The van der Waals surface area contributed by atoms with Gasteiger partial charge in [-0.3, -0.25) is 0 Å². The van der Waals surface area contributed by atoms with Gasteiger partial charge in [0.2, 0.25) is 0 Å². The quantitative estimate of drug-likeness (QED) is 0.899. The van der Waals surface area contributed by atoms with Gasteiger partial charge in [-0.15, -0.1) is 11.3 Å². The maximum absolute atomic E-state index is 10.6. The molecule has 0 saturated heterocycles. The number of hydrogen-bond acceptors (Lipinski definition) is 3. The number of aliphatic hydroxyl groups is 1. The van der Waals surface area contributed by atoms with E-state index in [1.54, 1.807) is 11.3 Å². The summed E-state index contributed by atoms with van der Waals surface area (Å²) in [6, 6.07) is 10.2. The fourth-order valence-corrected chi connectivity index (χ4v) is 4.39. The summed E-state index contributed by atoms with van der Waals surface area (Å²) < 4.78 is 0. The van der Waals surface area contributed by atoms with Crippen molar-refractivity contribution in [2.24, 2.45) is 11.3 Å². The van der Waals surface area contributed by atoms with Crippen LogP contribution in [0, 0.1) is 11.3 Å². The SMILES string of the molecule is CC1(C)CCCC1C(O)Cc1nc(-c2ccccc2)cs1. The van der Waals surface area contributed by atoms with E-state index in [1.807, 2.05) is 18.2 Å². The monoisotopic (exact) mass is 301 g/mol. The summed E-state index contributed by atoms with van der Waals surface area (Å²) in [5.74, 6) is 0.404. The van der Waals surface area contributed by atoms with Crippen molar-refractivity contribution < 1.29 is 5.11 Å². The van der Waals surface area contributed by atoms with Crippen LogP contribution in [0.1, 0.15) is 38.1 Å². The van der Waals surface area contributed by atoms with Gasteiger partial charge in [0.15, 0.2) is 0 Å². The first-order valence-electron chi connectivity index (χ1n) is 7.74. The highest BCUT2D eigenvalue weighted by atomic mass is 32.1. The molecule has 1 fully saturated rings. The number of aromatic nitrogens is 1. The Balaban J connectivity index is 1.70. The average molecular weight is 301 g/mol. The highest BCUT2D eigenvalue weighted by Gasteiger charge is 2.39. The van der Waals surface area contributed by atoms with Crippen molar-refractivity contribution in [3.05, 3.63) is 40.7 Å². The molecule has 1 aromatic heterocycles. The van der Waals surface area contributed by atoms with Crippen LogP contribution >= 0.6 is 11.3 Å². The molecule has 2 nitrogen and oxygen atoms in total. The van der Waals surface area contributed by atoms with Crippen molar-refractivity contribution in [3.8, 4) is 11.3 Å². The standard InChI is InChI=1S/C18H23NOS/c1-18(2)10-6-9-14(18)16(20)11-17-19-15(12-21-17)13-7-4-3-5-8-13/h3-5,7-8,12,14,16,20H,6,9-11H2,1-2H3. The summed E-state index contributed by atoms with van der Waals surface area (Å²) in [6.07, 6.45) is 4.03. The normalized spacial score (nSPS) is 22.3. The van der Waals surface area contributed by atoms with Crippen molar-refractivity contribution in [1.29, 1.82) is 0 Å². The van der Waals surface area contributed by atoms with Crippen molar-refractivity contribution >= 4 is 11.3 Å². The van der Waals surface area contributed by atoms with E-state index in [1.165, 1.54) is 12.8 Å². The smallest absolute Gasteiger partial charge is 0.0958 e. The molecule has 112 valence electrons. The van der Waals surface area contributed by atoms with E-state index in [2.05, 4.69) is 31.4 Å². The van der Waals surface area contributed by atoms with Crippen molar-refractivity contribution in [3.63, 3.8) is 0 Å². The van der Waals surface area contributed by atoms with Crippen LogP contribution in [0.25, 0.3) is 11.3 Å². The zero-order valence-electron chi connectivity index (χ0n) is 12.7. The minimum absolute atomic E-state index is 0.263. The maximum Gasteiger partial charge on any atom is 0.0958 e. The minimum Gasteiger partial charge on any atom is -0.392 e. The number of rotatable bonds is 4. The average Bonchev–Trinajstić information content (AvgIpc) is 3.06. The molecule has 0 bridgehead atoms. The fraction of sp³-hybridized carbons (Fsp3) is 0.500. The molecule has 0 spiro atoms. The van der Waals surface area contributed by atoms with Gasteiger partial charge in [0.1, 0.15) is 0 Å². The zero-order chi connectivity index (χ0) is 14.9. The lowest BCUT2D eigenvalue weighted by Crippen LogP contribution is -2.31. The van der Waals surface area contributed by atoms with Crippen LogP contribution in [0.2, 0.25) is 0 Å². The molecular formula is C18H23NOS. The molecule has 1 aliphatic carbocycles. The van der Waals surface area contributed by atoms with Crippen molar-refractivity contribution in [2.45, 2.75) is 45.6 Å². The molecule has 1 aromatic carbocycles. The summed E-state index contributed by atoms with van der Waals surface area (Å²) >= 11 is 1.66. The first-order chi connectivity index (χ1) is 10.1. The Morgan fingerprint density at radius 1 is 1.33 bits per heavy atom. The fourth-order valence-electron chi connectivity index (χ4n) is 3.53. The third-order valence-corrected chi connectivity index (χ3v) is 5.68. The summed E-state index contributed by atoms with van der Waals surface area (Å²) in [7, 11) is 0. The number of hydrogen-bond donors (Lipinski definition) is 1. The highest BCUT2D eigenvalue weighted by Crippen LogP contribution is 2.45. The van der Waals surface area contributed by atoms with E-state index < -0.39 is 0 Å². The van der Waals surface area contributed by atoms with Gasteiger partial charge >= 0.3 is 0 Å². The summed E-state index contributed by atoms with van der Waals surface area (Å²) in [4.78, 5) is 4.70. The highest BCUT2D eigenvalue weighted by molar-refractivity contribution is 7.09. The van der Waals surface area contributed by atoms with E-state index in [0.29, 0.717) is 12.3 Å². The number of aliphatic hydroxyl groups excluding tert-OH is 1. The summed E-state index contributed by atoms with van der Waals surface area (Å²) in [5.41, 5.74) is 2.43. The van der Waals surface area contributed by atoms with Gasteiger partial charge in [-0.05, 0) is 24.2 Å². The second-order valence-electron chi connectivity index (χ2n) is 6.75. The lowest BCUT2D eigenvalue weighted by molar-refractivity contribution is 0.0542. The second kappa shape index (κ2) is 5.90. The molecule has 3 heteroatoms. The second-order valence-corrected chi connectivity index (χ2v) is 7.69. The van der Waals surface area contributed by atoms with Gasteiger partial charge in [0.25, 0.3) is 0 Å². The van der Waals surface area contributed by atoms with E-state index in [0.717, 1.165) is 22.7 Å². The largest absolute Gasteiger partial charge is 0.392 e. The van der Waals surface area contributed by atoms with Crippen LogP contribution < -0.4 is 0 Å². The van der Waals surface area contributed by atoms with Gasteiger partial charge in [-0.1, -0.05) is 50.6 Å². The first-order valence-corrected chi connectivity index (χ1v) is 8.62. The topological polar surface area (TPSA) is 33.1 Å². The Morgan fingerprint density at radius 2 is 2.10 bits per heavy atom. The van der Waals surface area contributed by atoms with Gasteiger partial charge in [-0.25, -0.2) is 4.98 Å². The third kappa shape index (κ3) is 3.19. The predicted molar refractivity (Wildman–Crippen MR) is 88.4 cm³/mol. The molecule has 0 aliphatic heterocycles. The Labute approximate surface area is 130 Å². The molecule has 2 unspecified atom stereocenters. The Bertz CT molecular complexity index is 590. The van der Waals surface area contributed by atoms with Crippen LogP contribution in [0.15, 0.2) is 35.7 Å². The van der Waals surface area contributed by atoms with Gasteiger partial charge in [-0.2, -0.15) is 0 Å². The number of benzene rings is 1. The van der Waals surface area contributed by atoms with Gasteiger partial charge in [0.05, 0.1) is 16.8 Å². The lowest BCUT2D eigenvalue weighted by atomic mass is 9.78. The van der Waals surface area contributed by atoms with E-state index >= 15 is 0 Å². The molecule has 21 heavy (non-hydrogen) atoms. The maximum atomic E-state index is 10.6. The Morgan fingerprint density at radius 3 is 2.76 bits per heavy atom. The Kier molecular flexibility index (Phi) is 4.14. The van der Waals surface area contributed by atoms with Crippen LogP contribution in [0.3, 0.4) is 0 Å². The third-order valence-electron chi connectivity index (χ3n) is 4.81. The molecule has 1 aliphatic rings. The van der Waals surface area contributed by atoms with Crippen LogP contribution in [0.4, 0.5) is 0 Å². The molecule has 0 radical (unpaired) electrons.